The number of nitrogens with zero attached hydrogens (tertiary/aromatic N) is 1. The number of hydrogen-bond acceptors (Lipinski definition) is 2. The number of amides is 1. The summed E-state index contributed by atoms with van der Waals surface area (Å²) in [4.78, 5) is 12.9. The summed E-state index contributed by atoms with van der Waals surface area (Å²) in [6.07, 6.45) is 2.45. The zero-order valence-electron chi connectivity index (χ0n) is 19.1. The number of anilines is 1. The predicted molar refractivity (Wildman–Crippen MR) is 136 cm³/mol. The number of aryl methyl sites for hydroxylation is 3. The molecule has 4 rings (SSSR count). The molecule has 3 heteroatoms. The standard InChI is InChI=1S/C30H26N2O/c1-20-8-12-27(13-9-20)32-30(33)26(19-31)18-29-25(11-10-24-6-4-5-7-28(24)29)17-23-15-21(2)14-22(3)16-23/h4-16,18H,17H2,1-3H3,(H,32,33)/b26-18+. The number of hydrogen-bond donors (Lipinski definition) is 1. The van der Waals surface area contributed by atoms with Crippen molar-refractivity contribution in [3.63, 3.8) is 0 Å². The van der Waals surface area contributed by atoms with E-state index < -0.39 is 5.91 Å². The Balaban J connectivity index is 1.77. The molecule has 0 saturated carbocycles. The second-order valence-electron chi connectivity index (χ2n) is 8.52. The smallest absolute Gasteiger partial charge is 0.266 e. The highest BCUT2D eigenvalue weighted by molar-refractivity contribution is 6.11. The highest BCUT2D eigenvalue weighted by Crippen LogP contribution is 2.28. The summed E-state index contributed by atoms with van der Waals surface area (Å²) < 4.78 is 0. The van der Waals surface area contributed by atoms with Crippen molar-refractivity contribution in [3.05, 3.63) is 118 Å². The van der Waals surface area contributed by atoms with Gasteiger partial charge in [0.1, 0.15) is 11.6 Å². The van der Waals surface area contributed by atoms with Crippen LogP contribution in [0.2, 0.25) is 0 Å². The summed E-state index contributed by atoms with van der Waals surface area (Å²) in [6, 6.07) is 28.4. The number of nitriles is 1. The number of benzene rings is 4. The molecule has 0 saturated heterocycles. The zero-order chi connectivity index (χ0) is 23.4. The van der Waals surface area contributed by atoms with E-state index in [1.807, 2.05) is 55.5 Å². The molecule has 0 aromatic heterocycles. The Labute approximate surface area is 195 Å². The third kappa shape index (κ3) is 5.19. The van der Waals surface area contributed by atoms with Gasteiger partial charge in [-0.3, -0.25) is 4.79 Å². The maximum absolute atomic E-state index is 12.9. The molecule has 0 aliphatic rings. The van der Waals surface area contributed by atoms with Crippen LogP contribution in [0.4, 0.5) is 5.69 Å². The van der Waals surface area contributed by atoms with Crippen molar-refractivity contribution in [2.75, 3.05) is 5.32 Å². The molecule has 162 valence electrons. The van der Waals surface area contributed by atoms with Crippen LogP contribution >= 0.6 is 0 Å². The summed E-state index contributed by atoms with van der Waals surface area (Å²) >= 11 is 0. The Morgan fingerprint density at radius 2 is 1.58 bits per heavy atom. The predicted octanol–water partition coefficient (Wildman–Crippen LogP) is 6.90. The van der Waals surface area contributed by atoms with E-state index in [0.29, 0.717) is 5.69 Å². The minimum atomic E-state index is -0.411. The van der Waals surface area contributed by atoms with Gasteiger partial charge in [0.15, 0.2) is 0 Å². The van der Waals surface area contributed by atoms with Gasteiger partial charge in [-0.2, -0.15) is 5.26 Å². The van der Waals surface area contributed by atoms with Crippen molar-refractivity contribution < 1.29 is 4.79 Å². The lowest BCUT2D eigenvalue weighted by molar-refractivity contribution is -0.112. The van der Waals surface area contributed by atoms with Crippen LogP contribution in [0.25, 0.3) is 16.8 Å². The summed E-state index contributed by atoms with van der Waals surface area (Å²) in [7, 11) is 0. The highest BCUT2D eigenvalue weighted by atomic mass is 16.1. The number of carbonyl (C=O) groups excluding carboxylic acids is 1. The molecule has 33 heavy (non-hydrogen) atoms. The fourth-order valence-electron chi connectivity index (χ4n) is 4.18. The molecule has 0 heterocycles. The largest absolute Gasteiger partial charge is 0.321 e. The monoisotopic (exact) mass is 430 g/mol. The average Bonchev–Trinajstić information content (AvgIpc) is 2.79. The van der Waals surface area contributed by atoms with Gasteiger partial charge in [-0.05, 0) is 72.9 Å². The van der Waals surface area contributed by atoms with Crippen LogP contribution < -0.4 is 5.32 Å². The van der Waals surface area contributed by atoms with Gasteiger partial charge < -0.3 is 5.32 Å². The van der Waals surface area contributed by atoms with Gasteiger partial charge in [0.25, 0.3) is 5.91 Å². The molecule has 1 N–H and O–H groups in total. The minimum absolute atomic E-state index is 0.0774. The minimum Gasteiger partial charge on any atom is -0.321 e. The summed E-state index contributed by atoms with van der Waals surface area (Å²) in [5.74, 6) is -0.411. The van der Waals surface area contributed by atoms with Crippen LogP contribution in [0.5, 0.6) is 0 Å². The summed E-state index contributed by atoms with van der Waals surface area (Å²) in [5, 5.41) is 14.8. The quantitative estimate of drug-likeness (QED) is 0.276. The van der Waals surface area contributed by atoms with E-state index in [9.17, 15) is 10.1 Å². The number of carbonyl (C=O) groups is 1. The molecule has 4 aromatic rings. The Morgan fingerprint density at radius 1 is 0.879 bits per heavy atom. The summed E-state index contributed by atoms with van der Waals surface area (Å²) in [6.45, 7) is 6.19. The van der Waals surface area contributed by atoms with Crippen LogP contribution in [0, 0.1) is 32.1 Å². The molecule has 0 aliphatic carbocycles. The fraction of sp³-hybridized carbons (Fsp3) is 0.133. The molecular formula is C30H26N2O. The van der Waals surface area contributed by atoms with Gasteiger partial charge in [-0.1, -0.05) is 83.4 Å². The number of rotatable bonds is 5. The van der Waals surface area contributed by atoms with E-state index in [2.05, 4.69) is 55.6 Å². The molecule has 0 aliphatic heterocycles. The molecule has 0 bridgehead atoms. The van der Waals surface area contributed by atoms with Crippen LogP contribution in [0.3, 0.4) is 0 Å². The molecular weight excluding hydrogens is 404 g/mol. The van der Waals surface area contributed by atoms with E-state index >= 15 is 0 Å². The van der Waals surface area contributed by atoms with E-state index in [1.165, 1.54) is 16.7 Å². The first-order valence-electron chi connectivity index (χ1n) is 11.0. The van der Waals surface area contributed by atoms with E-state index in [-0.39, 0.29) is 5.57 Å². The number of nitrogens with one attached hydrogen (secondary N) is 1. The molecule has 1 amide bonds. The molecule has 0 radical (unpaired) electrons. The van der Waals surface area contributed by atoms with Gasteiger partial charge >= 0.3 is 0 Å². The van der Waals surface area contributed by atoms with Gasteiger partial charge in [0.05, 0.1) is 0 Å². The van der Waals surface area contributed by atoms with E-state index in [4.69, 9.17) is 0 Å². The normalized spacial score (nSPS) is 11.3. The highest BCUT2D eigenvalue weighted by Gasteiger charge is 2.14. The van der Waals surface area contributed by atoms with E-state index in [0.717, 1.165) is 33.9 Å². The van der Waals surface area contributed by atoms with E-state index in [1.54, 1.807) is 6.08 Å². The number of fused-ring (bicyclic) bond motifs is 1. The Hall–Kier alpha value is -4.16. The van der Waals surface area contributed by atoms with Crippen molar-refractivity contribution in [1.82, 2.24) is 0 Å². The lowest BCUT2D eigenvalue weighted by Crippen LogP contribution is -2.13. The first kappa shape index (κ1) is 22.0. The van der Waals surface area contributed by atoms with Gasteiger partial charge in [0, 0.05) is 5.69 Å². The first-order chi connectivity index (χ1) is 15.9. The van der Waals surface area contributed by atoms with Crippen molar-refractivity contribution in [2.45, 2.75) is 27.2 Å². The Kier molecular flexibility index (Phi) is 6.38. The summed E-state index contributed by atoms with van der Waals surface area (Å²) in [5.41, 5.74) is 7.48. The first-order valence-corrected chi connectivity index (χ1v) is 11.0. The van der Waals surface area contributed by atoms with Gasteiger partial charge in [-0.25, -0.2) is 0 Å². The second kappa shape index (κ2) is 9.54. The van der Waals surface area contributed by atoms with Crippen molar-refractivity contribution in [3.8, 4) is 6.07 Å². The molecule has 0 atom stereocenters. The molecule has 0 spiro atoms. The average molecular weight is 431 g/mol. The lowest BCUT2D eigenvalue weighted by atomic mass is 9.92. The van der Waals surface area contributed by atoms with Crippen molar-refractivity contribution in [1.29, 1.82) is 5.26 Å². The third-order valence-corrected chi connectivity index (χ3v) is 5.70. The SMILES string of the molecule is Cc1ccc(NC(=O)/C(C#N)=C/c2c(Cc3cc(C)cc(C)c3)ccc3ccccc23)cc1. The lowest BCUT2D eigenvalue weighted by Gasteiger charge is -2.13. The van der Waals surface area contributed by atoms with Gasteiger partial charge in [0.2, 0.25) is 0 Å². The van der Waals surface area contributed by atoms with Crippen molar-refractivity contribution in [2.24, 2.45) is 0 Å². The Morgan fingerprint density at radius 3 is 2.27 bits per heavy atom. The zero-order valence-corrected chi connectivity index (χ0v) is 19.1. The maximum atomic E-state index is 12.9. The van der Waals surface area contributed by atoms with Crippen LogP contribution in [-0.2, 0) is 11.2 Å². The molecule has 0 unspecified atom stereocenters. The molecule has 0 fully saturated rings. The van der Waals surface area contributed by atoms with Gasteiger partial charge in [-0.15, -0.1) is 0 Å². The molecule has 4 aromatic carbocycles. The topological polar surface area (TPSA) is 52.9 Å². The molecule has 3 nitrogen and oxygen atoms in total. The fourth-order valence-corrected chi connectivity index (χ4v) is 4.18. The van der Waals surface area contributed by atoms with Crippen molar-refractivity contribution >= 4 is 28.4 Å². The van der Waals surface area contributed by atoms with Crippen LogP contribution in [0.1, 0.15) is 33.4 Å². The maximum Gasteiger partial charge on any atom is 0.266 e. The third-order valence-electron chi connectivity index (χ3n) is 5.70. The second-order valence-corrected chi connectivity index (χ2v) is 8.52. The van der Waals surface area contributed by atoms with Crippen LogP contribution in [-0.4, -0.2) is 5.91 Å². The van der Waals surface area contributed by atoms with Crippen LogP contribution in [0.15, 0.2) is 84.4 Å². The Bertz CT molecular complexity index is 1390.